The molecule has 11 nitrogen and oxygen atoms in total. The summed E-state index contributed by atoms with van der Waals surface area (Å²) in [6.45, 7) is 13.7. The molecule has 4 aliphatic carbocycles. The summed E-state index contributed by atoms with van der Waals surface area (Å²) in [5, 5.41) is 11.5. The first kappa shape index (κ1) is 28.9. The van der Waals surface area contributed by atoms with Crippen LogP contribution in [0.4, 0.5) is 0 Å². The minimum atomic E-state index is -1.78. The molecule has 0 saturated heterocycles. The van der Waals surface area contributed by atoms with E-state index in [1.807, 2.05) is 0 Å². The highest BCUT2D eigenvalue weighted by molar-refractivity contribution is 6.10. The standard InChI is InChI=1S/C28H36O11/c1-12-22(34)28-11-27(12,35)10-17(36-13(2)29)20(28)26(8)9-18(37-14(3)30)23(38-15(4)31)25(6,7)21(26)19(33)24(28)39-16(5)32/h17-18,20-21,23-24,35H,1,9-11H2,2-8H3. The smallest absolute Gasteiger partial charge is 0.303 e. The number of Topliss-reactive ketones (excluding diaryl/α,β-unsaturated/α-hetero) is 2. The lowest BCUT2D eigenvalue weighted by Gasteiger charge is -2.66. The summed E-state index contributed by atoms with van der Waals surface area (Å²) in [5.41, 5.74) is -6.09. The lowest BCUT2D eigenvalue weighted by molar-refractivity contribution is -0.262. The average Bonchev–Trinajstić information content (AvgIpc) is 2.90. The van der Waals surface area contributed by atoms with Crippen LogP contribution in [-0.2, 0) is 47.7 Å². The zero-order valence-electron chi connectivity index (χ0n) is 23.3. The third-order valence-electron chi connectivity index (χ3n) is 9.36. The molecule has 4 rings (SSSR count). The molecular formula is C28H36O11. The summed E-state index contributed by atoms with van der Waals surface area (Å²) < 4.78 is 22.6. The third kappa shape index (κ3) is 4.03. The zero-order valence-corrected chi connectivity index (χ0v) is 23.3. The summed E-state index contributed by atoms with van der Waals surface area (Å²) in [6.07, 6.45) is -5.16. The Morgan fingerprint density at radius 2 is 1.33 bits per heavy atom. The van der Waals surface area contributed by atoms with E-state index < -0.39 is 93.5 Å². The molecule has 0 aromatic rings. The molecule has 4 fully saturated rings. The third-order valence-corrected chi connectivity index (χ3v) is 9.36. The van der Waals surface area contributed by atoms with E-state index in [4.69, 9.17) is 18.9 Å². The Kier molecular flexibility index (Phi) is 6.65. The molecule has 9 atom stereocenters. The van der Waals surface area contributed by atoms with Crippen LogP contribution in [0.15, 0.2) is 12.2 Å². The molecule has 4 saturated carbocycles. The van der Waals surface area contributed by atoms with Crippen LogP contribution in [0, 0.1) is 28.1 Å². The highest BCUT2D eigenvalue weighted by atomic mass is 16.6. The Labute approximate surface area is 226 Å². The fourth-order valence-electron chi connectivity index (χ4n) is 8.71. The first-order chi connectivity index (χ1) is 17.8. The van der Waals surface area contributed by atoms with Gasteiger partial charge in [-0.1, -0.05) is 27.4 Å². The van der Waals surface area contributed by atoms with Crippen LogP contribution >= 0.6 is 0 Å². The molecule has 0 aliphatic heterocycles. The van der Waals surface area contributed by atoms with E-state index in [2.05, 4.69) is 6.58 Å². The summed E-state index contributed by atoms with van der Waals surface area (Å²) in [5.74, 6) is -5.90. The maximum absolute atomic E-state index is 14.5. The van der Waals surface area contributed by atoms with Gasteiger partial charge in [0.05, 0.1) is 11.0 Å². The Hall–Kier alpha value is -3.08. The number of hydrogen-bond acceptors (Lipinski definition) is 11. The molecule has 39 heavy (non-hydrogen) atoms. The van der Waals surface area contributed by atoms with E-state index in [0.717, 1.165) is 6.92 Å². The minimum absolute atomic E-state index is 0.0283. The highest BCUT2D eigenvalue weighted by Crippen LogP contribution is 2.72. The molecule has 4 aliphatic rings. The number of carbonyl (C=O) groups excluding carboxylic acids is 6. The number of ether oxygens (including phenoxy) is 4. The Bertz CT molecular complexity index is 1190. The Balaban J connectivity index is 2.02. The number of aliphatic hydroxyl groups is 1. The van der Waals surface area contributed by atoms with E-state index in [1.165, 1.54) is 20.8 Å². The van der Waals surface area contributed by atoms with Crippen LogP contribution in [0.5, 0.6) is 0 Å². The van der Waals surface area contributed by atoms with Crippen molar-refractivity contribution >= 4 is 35.4 Å². The highest BCUT2D eigenvalue weighted by Gasteiger charge is 2.81. The second-order valence-electron chi connectivity index (χ2n) is 12.4. The molecule has 1 spiro atoms. The van der Waals surface area contributed by atoms with Gasteiger partial charge >= 0.3 is 23.9 Å². The van der Waals surface area contributed by atoms with Crippen molar-refractivity contribution in [2.24, 2.45) is 28.1 Å². The molecule has 0 aromatic carbocycles. The summed E-state index contributed by atoms with van der Waals surface area (Å²) in [7, 11) is 0. The molecule has 214 valence electrons. The largest absolute Gasteiger partial charge is 0.462 e. The van der Waals surface area contributed by atoms with E-state index in [0.29, 0.717) is 0 Å². The van der Waals surface area contributed by atoms with Crippen molar-refractivity contribution in [2.75, 3.05) is 0 Å². The van der Waals surface area contributed by atoms with Crippen LogP contribution in [0.25, 0.3) is 0 Å². The predicted molar refractivity (Wildman–Crippen MR) is 131 cm³/mol. The quantitative estimate of drug-likeness (QED) is 0.309. The molecule has 0 amide bonds. The van der Waals surface area contributed by atoms with Crippen molar-refractivity contribution in [1.29, 1.82) is 0 Å². The van der Waals surface area contributed by atoms with Gasteiger partial charge in [0.2, 0.25) is 0 Å². The normalized spacial score (nSPS) is 42.1. The molecule has 9 unspecified atom stereocenters. The topological polar surface area (TPSA) is 160 Å². The van der Waals surface area contributed by atoms with Crippen molar-refractivity contribution < 1.29 is 52.8 Å². The van der Waals surface area contributed by atoms with Crippen LogP contribution in [0.3, 0.4) is 0 Å². The molecule has 1 N–H and O–H groups in total. The summed E-state index contributed by atoms with van der Waals surface area (Å²) in [4.78, 5) is 77.5. The first-order valence-corrected chi connectivity index (χ1v) is 13.0. The van der Waals surface area contributed by atoms with E-state index in [-0.39, 0.29) is 24.8 Å². The van der Waals surface area contributed by atoms with Crippen molar-refractivity contribution in [3.63, 3.8) is 0 Å². The molecule has 11 heteroatoms. The van der Waals surface area contributed by atoms with Gasteiger partial charge in [0.25, 0.3) is 0 Å². The predicted octanol–water partition coefficient (Wildman–Crippen LogP) is 1.61. The number of fused-ring (bicyclic) bond motifs is 3. The molecule has 2 bridgehead atoms. The fraction of sp³-hybridized carbons (Fsp3) is 0.714. The number of hydrogen-bond donors (Lipinski definition) is 1. The van der Waals surface area contributed by atoms with E-state index >= 15 is 0 Å². The van der Waals surface area contributed by atoms with Crippen molar-refractivity contribution in [2.45, 2.75) is 97.7 Å². The van der Waals surface area contributed by atoms with Gasteiger partial charge in [-0.25, -0.2) is 0 Å². The zero-order chi connectivity index (χ0) is 29.5. The van der Waals surface area contributed by atoms with Crippen molar-refractivity contribution in [3.8, 4) is 0 Å². The Morgan fingerprint density at radius 1 is 0.821 bits per heavy atom. The molecular weight excluding hydrogens is 512 g/mol. The van der Waals surface area contributed by atoms with Gasteiger partial charge in [0.15, 0.2) is 17.7 Å². The second-order valence-corrected chi connectivity index (χ2v) is 12.4. The van der Waals surface area contributed by atoms with Gasteiger partial charge < -0.3 is 24.1 Å². The summed E-state index contributed by atoms with van der Waals surface area (Å²) in [6, 6.07) is 0. The van der Waals surface area contributed by atoms with Crippen LogP contribution in [0.1, 0.15) is 67.7 Å². The van der Waals surface area contributed by atoms with Gasteiger partial charge in [-0.05, 0) is 18.3 Å². The van der Waals surface area contributed by atoms with Gasteiger partial charge in [-0.2, -0.15) is 0 Å². The number of esters is 4. The Morgan fingerprint density at radius 3 is 1.85 bits per heavy atom. The second kappa shape index (κ2) is 8.97. The van der Waals surface area contributed by atoms with Crippen molar-refractivity contribution in [3.05, 3.63) is 12.2 Å². The maximum atomic E-state index is 14.5. The minimum Gasteiger partial charge on any atom is -0.462 e. The maximum Gasteiger partial charge on any atom is 0.303 e. The van der Waals surface area contributed by atoms with Crippen molar-refractivity contribution in [1.82, 2.24) is 0 Å². The number of rotatable bonds is 4. The van der Waals surface area contributed by atoms with Gasteiger partial charge in [-0.3, -0.25) is 28.8 Å². The molecule has 0 aromatic heterocycles. The SMILES string of the molecule is C=C1C(=O)C23CC1(O)CC(OC(C)=O)C2C1(C)CC(OC(C)=O)C(OC(C)=O)C(C)(C)C1C(=O)C3OC(C)=O. The van der Waals surface area contributed by atoms with Gasteiger partial charge in [0.1, 0.15) is 18.3 Å². The molecule has 0 radical (unpaired) electrons. The van der Waals surface area contributed by atoms with E-state index in [9.17, 15) is 33.9 Å². The van der Waals surface area contributed by atoms with Gasteiger partial charge in [0, 0.05) is 56.9 Å². The lowest BCUT2D eigenvalue weighted by Crippen LogP contribution is -2.75. The van der Waals surface area contributed by atoms with E-state index in [1.54, 1.807) is 20.8 Å². The first-order valence-electron chi connectivity index (χ1n) is 13.0. The number of carbonyl (C=O) groups is 6. The summed E-state index contributed by atoms with van der Waals surface area (Å²) >= 11 is 0. The number of ketones is 2. The van der Waals surface area contributed by atoms with Crippen LogP contribution < -0.4 is 0 Å². The lowest BCUT2D eigenvalue weighted by atomic mass is 9.38. The monoisotopic (exact) mass is 548 g/mol. The van der Waals surface area contributed by atoms with Gasteiger partial charge in [-0.15, -0.1) is 0 Å². The van der Waals surface area contributed by atoms with Crippen LogP contribution in [0.2, 0.25) is 0 Å². The van der Waals surface area contributed by atoms with Crippen LogP contribution in [-0.4, -0.2) is 70.6 Å². The average molecular weight is 549 g/mol. The fourth-order valence-corrected chi connectivity index (χ4v) is 8.71. The molecule has 0 heterocycles.